The molecule has 0 atom stereocenters. The molecule has 0 aliphatic carbocycles. The van der Waals surface area contributed by atoms with Crippen molar-refractivity contribution < 1.29 is 0 Å². The van der Waals surface area contributed by atoms with E-state index >= 15 is 0 Å². The minimum absolute atomic E-state index is 0.480. The first kappa shape index (κ1) is 53.6. The van der Waals surface area contributed by atoms with Gasteiger partial charge in [0, 0.05) is 54.9 Å². The van der Waals surface area contributed by atoms with Gasteiger partial charge in [0.25, 0.3) is 0 Å². The number of hydrogen-bond donors (Lipinski definition) is 0. The molecular weight excluding hydrogens is 1120 g/mol. The maximum atomic E-state index is 5.29. The zero-order valence-corrected chi connectivity index (χ0v) is 49.3. The Kier molecular flexibility index (Phi) is 13.3. The summed E-state index contributed by atoms with van der Waals surface area (Å²) in [6, 6.07) is 104. The molecule has 92 heavy (non-hydrogen) atoms. The lowest BCUT2D eigenvalue weighted by molar-refractivity contribution is 1.06. The summed E-state index contributed by atoms with van der Waals surface area (Å²) in [7, 11) is 0. The van der Waals surface area contributed by atoms with Crippen LogP contribution >= 0.6 is 0 Å². The summed E-state index contributed by atoms with van der Waals surface area (Å²) >= 11 is 0. The quantitative estimate of drug-likeness (QED) is 0.123. The first-order chi connectivity index (χ1) is 45.5. The first-order valence-corrected chi connectivity index (χ1v) is 30.5. The molecule has 10 nitrogen and oxygen atoms in total. The predicted molar refractivity (Wildman–Crippen MR) is 372 cm³/mol. The summed E-state index contributed by atoms with van der Waals surface area (Å²) in [5, 5.41) is 6.51. The normalized spacial score (nSPS) is 11.5. The van der Waals surface area contributed by atoms with E-state index in [4.69, 9.17) is 49.8 Å². The van der Waals surface area contributed by atoms with Gasteiger partial charge in [0.2, 0.25) is 0 Å². The molecule has 0 unspecified atom stereocenters. The first-order valence-electron chi connectivity index (χ1n) is 30.5. The number of pyridine rings is 4. The highest BCUT2D eigenvalue weighted by Crippen LogP contribution is 2.36. The second-order valence-electron chi connectivity index (χ2n) is 22.8. The van der Waals surface area contributed by atoms with Gasteiger partial charge in [-0.1, -0.05) is 243 Å². The fourth-order valence-corrected chi connectivity index (χ4v) is 12.2. The predicted octanol–water partition coefficient (Wildman–Crippen LogP) is 19.7. The third-order valence-electron chi connectivity index (χ3n) is 16.9. The number of nitrogens with zero attached hydrogens (tertiary/aromatic N) is 10. The molecule has 0 aliphatic heterocycles. The molecule has 0 saturated carbocycles. The summed E-state index contributed by atoms with van der Waals surface area (Å²) in [5.74, 6) is 3.27. The molecule has 17 rings (SSSR count). The van der Waals surface area contributed by atoms with Crippen LogP contribution in [0.5, 0.6) is 0 Å². The van der Waals surface area contributed by atoms with Gasteiger partial charge in [-0.3, -0.25) is 0 Å². The third-order valence-corrected chi connectivity index (χ3v) is 16.9. The van der Waals surface area contributed by atoms with Crippen molar-refractivity contribution in [3.8, 4) is 124 Å². The molecule has 6 heterocycles. The van der Waals surface area contributed by atoms with E-state index in [0.717, 1.165) is 122 Å². The minimum Gasteiger partial charge on any atom is -0.248 e. The van der Waals surface area contributed by atoms with Gasteiger partial charge in [0.1, 0.15) is 11.4 Å². The molecular formula is C82H50N10. The zero-order chi connectivity index (χ0) is 60.9. The van der Waals surface area contributed by atoms with Crippen molar-refractivity contribution >= 4 is 54.4 Å². The molecule has 428 valence electrons. The lowest BCUT2D eigenvalue weighted by Crippen LogP contribution is -2.01. The standard InChI is InChI=1S/C82H50N10/c1-4-16-56(17-5-1)77-87-78(57-18-6-2-7-19-57)90-81(89-77)71-43-39-54-31-35-63(49-75(54)85-71)61-33-29-52-37-41-69(83-73(52)47-61)65-25-12-23-59(45-65)60-24-13-26-66(46-60)80-88-79(58-20-8-3-9-21-58)91-82(92-80)72-44-40-55-32-36-64(50-76(55)86-72)62-34-30-53-38-42-70(84-74(53)48-62)68-28-14-22-51-15-10-11-27-67(51)68/h1-50H. The van der Waals surface area contributed by atoms with Crippen LogP contribution in [-0.4, -0.2) is 49.8 Å². The molecule has 10 heteroatoms. The molecule has 0 radical (unpaired) electrons. The van der Waals surface area contributed by atoms with E-state index in [0.29, 0.717) is 46.3 Å². The Bertz CT molecular complexity index is 5660. The van der Waals surface area contributed by atoms with Crippen LogP contribution in [0.2, 0.25) is 0 Å². The number of aromatic nitrogens is 10. The van der Waals surface area contributed by atoms with E-state index in [1.165, 1.54) is 10.8 Å². The summed E-state index contributed by atoms with van der Waals surface area (Å²) < 4.78 is 0. The lowest BCUT2D eigenvalue weighted by atomic mass is 9.98. The Balaban J connectivity index is 0.666. The molecule has 0 bridgehead atoms. The highest BCUT2D eigenvalue weighted by molar-refractivity contribution is 5.98. The van der Waals surface area contributed by atoms with Crippen LogP contribution in [0, 0.1) is 0 Å². The number of benzene rings is 11. The largest absolute Gasteiger partial charge is 0.248 e. The van der Waals surface area contributed by atoms with Crippen molar-refractivity contribution in [1.29, 1.82) is 0 Å². The smallest absolute Gasteiger partial charge is 0.182 e. The molecule has 6 aromatic heterocycles. The van der Waals surface area contributed by atoms with E-state index in [9.17, 15) is 0 Å². The van der Waals surface area contributed by atoms with E-state index in [1.807, 2.05) is 103 Å². The van der Waals surface area contributed by atoms with Crippen molar-refractivity contribution in [2.45, 2.75) is 0 Å². The van der Waals surface area contributed by atoms with Gasteiger partial charge in [-0.05, 0) is 105 Å². The molecule has 17 aromatic rings. The Labute approximate surface area is 529 Å². The van der Waals surface area contributed by atoms with E-state index in [2.05, 4.69) is 200 Å². The van der Waals surface area contributed by atoms with Crippen molar-refractivity contribution in [1.82, 2.24) is 49.8 Å². The molecule has 11 aromatic carbocycles. The van der Waals surface area contributed by atoms with Crippen molar-refractivity contribution in [3.63, 3.8) is 0 Å². The molecule has 0 aliphatic rings. The fraction of sp³-hybridized carbons (Fsp3) is 0. The van der Waals surface area contributed by atoms with E-state index < -0.39 is 0 Å². The summed E-state index contributed by atoms with van der Waals surface area (Å²) in [4.78, 5) is 51.0. The van der Waals surface area contributed by atoms with Gasteiger partial charge in [-0.25, -0.2) is 49.8 Å². The van der Waals surface area contributed by atoms with Crippen LogP contribution in [0.1, 0.15) is 0 Å². The second-order valence-corrected chi connectivity index (χ2v) is 22.8. The molecule has 0 spiro atoms. The molecule has 0 saturated heterocycles. The maximum absolute atomic E-state index is 5.29. The van der Waals surface area contributed by atoms with Gasteiger partial charge in [-0.2, -0.15) is 0 Å². The highest BCUT2D eigenvalue weighted by atomic mass is 15.1. The minimum atomic E-state index is 0.480. The Morgan fingerprint density at radius 2 is 0.457 bits per heavy atom. The van der Waals surface area contributed by atoms with Gasteiger partial charge < -0.3 is 0 Å². The van der Waals surface area contributed by atoms with Crippen LogP contribution < -0.4 is 0 Å². The Morgan fingerprint density at radius 1 is 0.152 bits per heavy atom. The Morgan fingerprint density at radius 3 is 0.935 bits per heavy atom. The topological polar surface area (TPSA) is 129 Å². The van der Waals surface area contributed by atoms with Crippen molar-refractivity contribution in [2.24, 2.45) is 0 Å². The van der Waals surface area contributed by atoms with Crippen LogP contribution in [0.25, 0.3) is 179 Å². The van der Waals surface area contributed by atoms with Crippen LogP contribution in [0.15, 0.2) is 303 Å². The average Bonchev–Trinajstić information content (AvgIpc) is 1.26. The fourth-order valence-electron chi connectivity index (χ4n) is 12.2. The zero-order valence-electron chi connectivity index (χ0n) is 49.3. The van der Waals surface area contributed by atoms with Crippen molar-refractivity contribution in [2.75, 3.05) is 0 Å². The third kappa shape index (κ3) is 10.4. The second kappa shape index (κ2) is 22.8. The van der Waals surface area contributed by atoms with Gasteiger partial charge in [0.05, 0.1) is 33.5 Å². The summed E-state index contributed by atoms with van der Waals surface area (Å²) in [6.45, 7) is 0. The Hall–Kier alpha value is -12.7. The molecule has 0 N–H and O–H groups in total. The van der Waals surface area contributed by atoms with Crippen molar-refractivity contribution in [3.05, 3.63) is 303 Å². The monoisotopic (exact) mass is 1170 g/mol. The number of fused-ring (bicyclic) bond motifs is 5. The highest BCUT2D eigenvalue weighted by Gasteiger charge is 2.18. The number of hydrogen-bond acceptors (Lipinski definition) is 10. The average molecular weight is 1180 g/mol. The lowest BCUT2D eigenvalue weighted by Gasteiger charge is -2.11. The SMILES string of the molecule is c1ccc(-c2nc(-c3ccccc3)nc(-c3ccc4ccc(-c5ccc6ccc(-c7cccc(-c8cccc(-c9nc(-c%10ccccc%10)nc(-c%10ccc%11ccc(-c%12ccc%13ccc(-c%14cccc%15ccccc%14%15)nc%13c%12)cc%11n%10)n9)c8)c7)nc6c5)cc4n3)n2)cc1. The summed E-state index contributed by atoms with van der Waals surface area (Å²) in [5.41, 5.74) is 18.4. The molecule has 0 amide bonds. The van der Waals surface area contributed by atoms with E-state index in [1.54, 1.807) is 0 Å². The van der Waals surface area contributed by atoms with E-state index in [-0.39, 0.29) is 0 Å². The van der Waals surface area contributed by atoms with Crippen LogP contribution in [0.3, 0.4) is 0 Å². The van der Waals surface area contributed by atoms with Gasteiger partial charge in [0.15, 0.2) is 34.9 Å². The summed E-state index contributed by atoms with van der Waals surface area (Å²) in [6.07, 6.45) is 0. The van der Waals surface area contributed by atoms with Gasteiger partial charge >= 0.3 is 0 Å². The molecule has 0 fully saturated rings. The van der Waals surface area contributed by atoms with Crippen LogP contribution in [0.4, 0.5) is 0 Å². The van der Waals surface area contributed by atoms with Gasteiger partial charge in [-0.15, -0.1) is 0 Å². The number of rotatable bonds is 11. The maximum Gasteiger partial charge on any atom is 0.182 e. The van der Waals surface area contributed by atoms with Crippen LogP contribution in [-0.2, 0) is 0 Å².